The van der Waals surface area contributed by atoms with Gasteiger partial charge in [0.2, 0.25) is 0 Å². The molecule has 5 nitrogen and oxygen atoms in total. The number of ketones is 1. The Kier molecular flexibility index (Phi) is 5.09. The molecule has 0 unspecified atom stereocenters. The van der Waals surface area contributed by atoms with Gasteiger partial charge in [0.05, 0.1) is 27.6 Å². The van der Waals surface area contributed by atoms with Gasteiger partial charge < -0.3 is 14.7 Å². The maximum Gasteiger partial charge on any atom is 0.306 e. The van der Waals surface area contributed by atoms with Crippen molar-refractivity contribution in [2.75, 3.05) is 27.7 Å². The zero-order chi connectivity index (χ0) is 13.0. The predicted octanol–water partition coefficient (Wildman–Crippen LogP) is 0.268. The highest BCUT2D eigenvalue weighted by molar-refractivity contribution is 5.90. The van der Waals surface area contributed by atoms with E-state index in [-0.39, 0.29) is 18.7 Å². The Morgan fingerprint density at radius 2 is 1.75 bits per heavy atom. The third-order valence-corrected chi connectivity index (χ3v) is 2.18. The number of carboxylic acids is 1. The second-order valence-corrected chi connectivity index (χ2v) is 5.22. The van der Waals surface area contributed by atoms with Gasteiger partial charge in [-0.25, -0.2) is 0 Å². The molecule has 0 rings (SSSR count). The van der Waals surface area contributed by atoms with E-state index >= 15 is 0 Å². The van der Waals surface area contributed by atoms with Gasteiger partial charge in [0.25, 0.3) is 0 Å². The van der Waals surface area contributed by atoms with E-state index in [0.717, 1.165) is 0 Å². The quantitative estimate of drug-likeness (QED) is 0.618. The number of carbonyl (C=O) groups excluding carboxylic acids is 1. The van der Waals surface area contributed by atoms with Crippen LogP contribution < -0.4 is 0 Å². The Hall–Kier alpha value is -0.940. The molecule has 94 valence electrons. The van der Waals surface area contributed by atoms with Crippen LogP contribution in [0.4, 0.5) is 0 Å². The lowest BCUT2D eigenvalue weighted by Gasteiger charge is -2.33. The highest BCUT2D eigenvalue weighted by atomic mass is 16.4. The molecule has 1 atom stereocenters. The van der Waals surface area contributed by atoms with E-state index in [1.54, 1.807) is 0 Å². The topological polar surface area (TPSA) is 74.6 Å². The van der Waals surface area contributed by atoms with Gasteiger partial charge in [0.15, 0.2) is 11.4 Å². The van der Waals surface area contributed by atoms with E-state index in [9.17, 15) is 14.7 Å². The minimum absolute atomic E-state index is 0.109. The maximum absolute atomic E-state index is 11.8. The maximum atomic E-state index is 11.8. The van der Waals surface area contributed by atoms with Crippen molar-refractivity contribution in [2.45, 2.75) is 31.8 Å². The third-order valence-electron chi connectivity index (χ3n) is 2.18. The second-order valence-electron chi connectivity index (χ2n) is 5.22. The van der Waals surface area contributed by atoms with Crippen LogP contribution in [0.1, 0.15) is 26.2 Å². The number of likely N-dealkylation sites (N-methyl/N-ethyl adjacent to an activating group) is 1. The number of rotatable bonds is 7. The van der Waals surface area contributed by atoms with Crippen LogP contribution >= 0.6 is 0 Å². The van der Waals surface area contributed by atoms with Gasteiger partial charge in [0.1, 0.15) is 6.54 Å². The average molecular weight is 232 g/mol. The van der Waals surface area contributed by atoms with Gasteiger partial charge >= 0.3 is 5.97 Å². The smallest absolute Gasteiger partial charge is 0.306 e. The molecule has 0 bridgehead atoms. The van der Waals surface area contributed by atoms with Crippen molar-refractivity contribution in [1.29, 1.82) is 0 Å². The highest BCUT2D eigenvalue weighted by Crippen LogP contribution is 2.18. The van der Waals surface area contributed by atoms with Crippen molar-refractivity contribution >= 4 is 11.8 Å². The number of nitrogens with zero attached hydrogens (tertiary/aromatic N) is 1. The van der Waals surface area contributed by atoms with E-state index in [2.05, 4.69) is 0 Å². The van der Waals surface area contributed by atoms with Crippen LogP contribution in [0.3, 0.4) is 0 Å². The monoisotopic (exact) mass is 232 g/mol. The first-order chi connectivity index (χ1) is 7.10. The van der Waals surface area contributed by atoms with Gasteiger partial charge in [-0.05, 0) is 6.42 Å². The molecule has 0 spiro atoms. The van der Waals surface area contributed by atoms with E-state index in [4.69, 9.17) is 5.11 Å². The Labute approximate surface area is 96.3 Å². The summed E-state index contributed by atoms with van der Waals surface area (Å²) < 4.78 is 0.346. The fourth-order valence-electron chi connectivity index (χ4n) is 1.74. The molecule has 0 saturated heterocycles. The number of quaternary nitrogens is 1. The van der Waals surface area contributed by atoms with E-state index in [1.165, 1.54) is 0 Å². The van der Waals surface area contributed by atoms with E-state index < -0.39 is 18.0 Å². The normalized spacial score (nSPS) is 15.6. The molecule has 0 aromatic carbocycles. The van der Waals surface area contributed by atoms with Crippen molar-refractivity contribution in [3.63, 3.8) is 0 Å². The molecule has 5 heteroatoms. The lowest BCUT2D eigenvalue weighted by molar-refractivity contribution is -0.875. The molecule has 0 radical (unpaired) electrons. The largest absolute Gasteiger partial charge is 0.481 e. The van der Waals surface area contributed by atoms with Gasteiger partial charge in [-0.3, -0.25) is 9.59 Å². The highest BCUT2D eigenvalue weighted by Gasteiger charge is 2.42. The minimum Gasteiger partial charge on any atom is -0.481 e. The SMILES string of the molecule is CCCC(=O)[C@@](O)(CC(=O)O)C[N+](C)(C)C. The predicted molar refractivity (Wildman–Crippen MR) is 60.0 cm³/mol. The molecular formula is C11H22NO4+. The fraction of sp³-hybridized carbons (Fsp3) is 0.818. The molecule has 0 fully saturated rings. The Bertz CT molecular complexity index is 270. The van der Waals surface area contributed by atoms with Gasteiger partial charge in [-0.2, -0.15) is 0 Å². The molecule has 0 amide bonds. The molecule has 0 aliphatic rings. The summed E-state index contributed by atoms with van der Waals surface area (Å²) in [5.74, 6) is -1.54. The molecular weight excluding hydrogens is 210 g/mol. The first-order valence-corrected chi connectivity index (χ1v) is 5.38. The second kappa shape index (κ2) is 5.41. The van der Waals surface area contributed by atoms with Crippen LogP contribution in [0.5, 0.6) is 0 Å². The third kappa shape index (κ3) is 5.23. The van der Waals surface area contributed by atoms with E-state index in [1.807, 2.05) is 28.1 Å². The number of carboxylic acid groups (broad SMARTS) is 1. The number of Topliss-reactive ketones (excluding diaryl/α,β-unsaturated/α-hetero) is 1. The van der Waals surface area contributed by atoms with Crippen molar-refractivity contribution < 1.29 is 24.3 Å². The standard InChI is InChI=1S/C11H21NO4/c1-5-6-9(13)11(16,7-10(14)15)8-12(2,3)4/h16H,5-8H2,1-4H3/p+1/t11-/m1/s1. The van der Waals surface area contributed by atoms with Crippen molar-refractivity contribution in [3.05, 3.63) is 0 Å². The molecule has 0 aromatic rings. The summed E-state index contributed by atoms with van der Waals surface area (Å²) in [5.41, 5.74) is -1.75. The number of hydrogen-bond donors (Lipinski definition) is 2. The van der Waals surface area contributed by atoms with Crippen LogP contribution in [0, 0.1) is 0 Å². The summed E-state index contributed by atoms with van der Waals surface area (Å²) >= 11 is 0. The van der Waals surface area contributed by atoms with Crippen LogP contribution in [-0.4, -0.2) is 59.7 Å². The Balaban J connectivity index is 4.87. The fourth-order valence-corrected chi connectivity index (χ4v) is 1.74. The van der Waals surface area contributed by atoms with Crippen LogP contribution in [-0.2, 0) is 9.59 Å². The molecule has 0 heterocycles. The number of aliphatic carboxylic acids is 1. The zero-order valence-electron chi connectivity index (χ0n) is 10.5. The van der Waals surface area contributed by atoms with Gasteiger partial charge in [-0.15, -0.1) is 0 Å². The molecule has 0 aliphatic carbocycles. The van der Waals surface area contributed by atoms with Crippen LogP contribution in [0.25, 0.3) is 0 Å². The van der Waals surface area contributed by atoms with Gasteiger partial charge in [-0.1, -0.05) is 6.92 Å². The van der Waals surface area contributed by atoms with E-state index in [0.29, 0.717) is 10.9 Å². The average Bonchev–Trinajstić information content (AvgIpc) is 1.98. The van der Waals surface area contributed by atoms with Crippen LogP contribution in [0.15, 0.2) is 0 Å². The summed E-state index contributed by atoms with van der Waals surface area (Å²) in [6.07, 6.45) is 0.295. The number of aliphatic hydroxyl groups is 1. The zero-order valence-corrected chi connectivity index (χ0v) is 10.5. The molecule has 0 aromatic heterocycles. The molecule has 16 heavy (non-hydrogen) atoms. The Morgan fingerprint density at radius 1 is 1.25 bits per heavy atom. The summed E-state index contributed by atoms with van der Waals surface area (Å²) in [6.45, 7) is 1.93. The summed E-state index contributed by atoms with van der Waals surface area (Å²) in [7, 11) is 5.43. The van der Waals surface area contributed by atoms with Crippen molar-refractivity contribution in [1.82, 2.24) is 0 Å². The number of carbonyl (C=O) groups is 2. The summed E-state index contributed by atoms with van der Waals surface area (Å²) in [6, 6.07) is 0. The minimum atomic E-state index is -1.75. The first kappa shape index (κ1) is 15.1. The lowest BCUT2D eigenvalue weighted by atomic mass is 9.90. The molecule has 2 N–H and O–H groups in total. The first-order valence-electron chi connectivity index (χ1n) is 5.38. The van der Waals surface area contributed by atoms with Gasteiger partial charge in [0, 0.05) is 6.42 Å². The number of hydrogen-bond acceptors (Lipinski definition) is 3. The molecule has 0 aliphatic heterocycles. The molecule has 0 saturated carbocycles. The lowest BCUT2D eigenvalue weighted by Crippen LogP contribution is -2.54. The van der Waals surface area contributed by atoms with Crippen molar-refractivity contribution in [2.24, 2.45) is 0 Å². The van der Waals surface area contributed by atoms with Crippen molar-refractivity contribution in [3.8, 4) is 0 Å². The summed E-state index contributed by atoms with van der Waals surface area (Å²) in [4.78, 5) is 22.4. The summed E-state index contributed by atoms with van der Waals surface area (Å²) in [5, 5.41) is 18.9. The van der Waals surface area contributed by atoms with Crippen LogP contribution in [0.2, 0.25) is 0 Å². The Morgan fingerprint density at radius 3 is 2.06 bits per heavy atom.